The van der Waals surface area contributed by atoms with Gasteiger partial charge in [-0.15, -0.1) is 0 Å². The molecule has 0 fully saturated rings. The molecule has 1 aromatic heterocycles. The molecule has 0 spiro atoms. The predicted octanol–water partition coefficient (Wildman–Crippen LogP) is 3.89. The Morgan fingerprint density at radius 3 is 2.57 bits per heavy atom. The second-order valence-corrected chi connectivity index (χ2v) is 7.53. The fraction of sp³-hybridized carbons (Fsp3) is 0.217. The van der Waals surface area contributed by atoms with Gasteiger partial charge in [0, 0.05) is 22.4 Å². The van der Waals surface area contributed by atoms with Gasteiger partial charge in [-0.05, 0) is 32.9 Å². The molecule has 0 aliphatic carbocycles. The van der Waals surface area contributed by atoms with Gasteiger partial charge in [0.2, 0.25) is 11.8 Å². The predicted molar refractivity (Wildman–Crippen MR) is 114 cm³/mol. The second-order valence-electron chi connectivity index (χ2n) is 7.53. The third-order valence-electron chi connectivity index (χ3n) is 5.24. The average Bonchev–Trinajstić information content (AvgIpc) is 3.04. The Bertz CT molecular complexity index is 1160. The Labute approximate surface area is 174 Å². The van der Waals surface area contributed by atoms with Gasteiger partial charge in [-0.25, -0.2) is 4.68 Å². The van der Waals surface area contributed by atoms with E-state index in [1.807, 2.05) is 38.1 Å². The Morgan fingerprint density at radius 1 is 1.13 bits per heavy atom. The highest BCUT2D eigenvalue weighted by molar-refractivity contribution is 6.02. The molecule has 7 nitrogen and oxygen atoms in total. The van der Waals surface area contributed by atoms with E-state index in [4.69, 9.17) is 0 Å². The summed E-state index contributed by atoms with van der Waals surface area (Å²) in [6.45, 7) is 5.36. The van der Waals surface area contributed by atoms with E-state index in [0.717, 1.165) is 22.4 Å². The van der Waals surface area contributed by atoms with Gasteiger partial charge in [0.15, 0.2) is 5.78 Å². The van der Waals surface area contributed by atoms with Gasteiger partial charge in [0.1, 0.15) is 11.9 Å². The molecule has 4 rings (SSSR count). The van der Waals surface area contributed by atoms with E-state index < -0.39 is 6.04 Å². The lowest BCUT2D eigenvalue weighted by Gasteiger charge is -2.24. The van der Waals surface area contributed by atoms with Crippen LogP contribution in [0.4, 0.5) is 11.5 Å². The van der Waals surface area contributed by atoms with Crippen molar-refractivity contribution in [2.75, 3.05) is 10.6 Å². The number of fused-ring (bicyclic) bond motifs is 1. The summed E-state index contributed by atoms with van der Waals surface area (Å²) in [5, 5.41) is 10.3. The molecule has 0 bridgehead atoms. The average molecular weight is 402 g/mol. The van der Waals surface area contributed by atoms with Crippen LogP contribution in [0, 0.1) is 13.8 Å². The fourth-order valence-electron chi connectivity index (χ4n) is 3.57. The minimum Gasteiger partial charge on any atom is -0.324 e. The highest BCUT2D eigenvalue weighted by Crippen LogP contribution is 2.34. The van der Waals surface area contributed by atoms with Crippen LogP contribution in [0.25, 0.3) is 11.3 Å². The van der Waals surface area contributed by atoms with Crippen molar-refractivity contribution in [3.63, 3.8) is 0 Å². The molecule has 0 radical (unpaired) electrons. The molecule has 0 unspecified atom stereocenters. The Balaban J connectivity index is 1.68. The summed E-state index contributed by atoms with van der Waals surface area (Å²) in [7, 11) is 0. The zero-order chi connectivity index (χ0) is 21.4. The highest BCUT2D eigenvalue weighted by atomic mass is 16.2. The zero-order valence-electron chi connectivity index (χ0n) is 17.0. The number of hydrogen-bond acceptors (Lipinski definition) is 4. The van der Waals surface area contributed by atoms with Gasteiger partial charge in [0.25, 0.3) is 0 Å². The number of rotatable bonds is 4. The Morgan fingerprint density at radius 2 is 1.87 bits per heavy atom. The minimum atomic E-state index is -0.785. The highest BCUT2D eigenvalue weighted by Gasteiger charge is 2.34. The van der Waals surface area contributed by atoms with Crippen molar-refractivity contribution >= 4 is 29.1 Å². The van der Waals surface area contributed by atoms with Gasteiger partial charge in [-0.2, -0.15) is 5.10 Å². The largest absolute Gasteiger partial charge is 0.324 e. The van der Waals surface area contributed by atoms with Gasteiger partial charge in [0.05, 0.1) is 12.1 Å². The number of aromatic nitrogens is 2. The van der Waals surface area contributed by atoms with Crippen molar-refractivity contribution in [3.05, 3.63) is 65.2 Å². The van der Waals surface area contributed by atoms with Gasteiger partial charge >= 0.3 is 0 Å². The molecule has 2 amide bonds. The van der Waals surface area contributed by atoms with Gasteiger partial charge in [-0.1, -0.05) is 42.0 Å². The molecule has 0 saturated carbocycles. The third-order valence-corrected chi connectivity index (χ3v) is 5.24. The Kier molecular flexibility index (Phi) is 4.95. The second kappa shape index (κ2) is 7.59. The van der Waals surface area contributed by atoms with E-state index >= 15 is 0 Å². The van der Waals surface area contributed by atoms with Crippen molar-refractivity contribution in [2.24, 2.45) is 0 Å². The van der Waals surface area contributed by atoms with E-state index in [1.165, 1.54) is 6.92 Å². The maximum Gasteiger partial charge on any atom is 0.249 e. The molecule has 3 aromatic rings. The molecule has 2 aromatic carbocycles. The lowest BCUT2D eigenvalue weighted by atomic mass is 10.1. The summed E-state index contributed by atoms with van der Waals surface area (Å²) in [5.41, 5.74) is 4.60. The standard InChI is InChI=1S/C23H22N4O3/c1-13-7-9-16(10-8-13)21-14(2)22-25-20(29)12-19(27(22)26-21)23(30)24-18-6-4-5-17(11-18)15(3)28/h4-11,19H,12H2,1-3H3,(H,24,30)(H,25,29)/t19-/m0/s1. The number of hydrogen-bond donors (Lipinski definition) is 2. The van der Waals surface area contributed by atoms with Crippen LogP contribution in [0.5, 0.6) is 0 Å². The van der Waals surface area contributed by atoms with Crippen molar-refractivity contribution < 1.29 is 14.4 Å². The summed E-state index contributed by atoms with van der Waals surface area (Å²) < 4.78 is 1.58. The number of anilines is 2. The van der Waals surface area contributed by atoms with Crippen molar-refractivity contribution in [1.29, 1.82) is 0 Å². The summed E-state index contributed by atoms with van der Waals surface area (Å²) in [6, 6.07) is 13.9. The zero-order valence-corrected chi connectivity index (χ0v) is 17.0. The topological polar surface area (TPSA) is 93.1 Å². The number of amides is 2. The maximum atomic E-state index is 13.0. The van der Waals surface area contributed by atoms with E-state index in [0.29, 0.717) is 17.1 Å². The SMILES string of the molecule is CC(=O)c1cccc(NC(=O)[C@@H]2CC(=O)Nc3c(C)c(-c4ccc(C)cc4)nn32)c1. The number of ketones is 1. The normalized spacial score (nSPS) is 15.3. The number of nitrogens with one attached hydrogen (secondary N) is 2. The van der Waals surface area contributed by atoms with Crippen molar-refractivity contribution in [3.8, 4) is 11.3 Å². The Hall–Kier alpha value is -3.74. The van der Waals surface area contributed by atoms with Gasteiger partial charge < -0.3 is 10.6 Å². The molecular weight excluding hydrogens is 380 g/mol. The molecule has 30 heavy (non-hydrogen) atoms. The quantitative estimate of drug-likeness (QED) is 0.648. The fourth-order valence-corrected chi connectivity index (χ4v) is 3.57. The molecule has 1 aliphatic heterocycles. The van der Waals surface area contributed by atoms with E-state index in [-0.39, 0.29) is 24.0 Å². The third kappa shape index (κ3) is 3.61. The number of aryl methyl sites for hydroxylation is 1. The molecular formula is C23H22N4O3. The molecule has 0 saturated heterocycles. The first kappa shape index (κ1) is 19.6. The van der Waals surface area contributed by atoms with Crippen molar-refractivity contribution in [1.82, 2.24) is 9.78 Å². The summed E-state index contributed by atoms with van der Waals surface area (Å²) in [6.07, 6.45) is -0.0142. The number of nitrogens with zero attached hydrogens (tertiary/aromatic N) is 2. The number of benzene rings is 2. The monoisotopic (exact) mass is 402 g/mol. The van der Waals surface area contributed by atoms with Crippen LogP contribution in [0.3, 0.4) is 0 Å². The summed E-state index contributed by atoms with van der Waals surface area (Å²) in [4.78, 5) is 36.9. The van der Waals surface area contributed by atoms with Crippen LogP contribution in [-0.4, -0.2) is 27.4 Å². The van der Waals surface area contributed by atoms with E-state index in [1.54, 1.807) is 28.9 Å². The maximum absolute atomic E-state index is 13.0. The first-order chi connectivity index (χ1) is 14.3. The first-order valence-corrected chi connectivity index (χ1v) is 9.71. The van der Waals surface area contributed by atoms with Crippen LogP contribution < -0.4 is 10.6 Å². The first-order valence-electron chi connectivity index (χ1n) is 9.71. The molecule has 2 heterocycles. The number of carbonyl (C=O) groups excluding carboxylic acids is 3. The van der Waals surface area contributed by atoms with Crippen LogP contribution in [-0.2, 0) is 9.59 Å². The molecule has 7 heteroatoms. The van der Waals surface area contributed by atoms with Crippen LogP contribution in [0.1, 0.15) is 40.9 Å². The van der Waals surface area contributed by atoms with Gasteiger partial charge in [-0.3, -0.25) is 14.4 Å². The molecule has 152 valence electrons. The molecule has 2 N–H and O–H groups in total. The van der Waals surface area contributed by atoms with Crippen LogP contribution in [0.2, 0.25) is 0 Å². The minimum absolute atomic E-state index is 0.0142. The van der Waals surface area contributed by atoms with Crippen LogP contribution in [0.15, 0.2) is 48.5 Å². The van der Waals surface area contributed by atoms with Crippen molar-refractivity contribution in [2.45, 2.75) is 33.2 Å². The lowest BCUT2D eigenvalue weighted by Crippen LogP contribution is -2.36. The van der Waals surface area contributed by atoms with E-state index in [9.17, 15) is 14.4 Å². The molecule has 1 atom stereocenters. The lowest BCUT2D eigenvalue weighted by molar-refractivity contribution is -0.125. The van der Waals surface area contributed by atoms with E-state index in [2.05, 4.69) is 15.7 Å². The summed E-state index contributed by atoms with van der Waals surface area (Å²) in [5.74, 6) is -0.154. The number of carbonyl (C=O) groups is 3. The smallest absolute Gasteiger partial charge is 0.249 e. The molecule has 1 aliphatic rings. The number of Topliss-reactive ketones (excluding diaryl/α,β-unsaturated/α-hetero) is 1. The summed E-state index contributed by atoms with van der Waals surface area (Å²) >= 11 is 0. The van der Waals surface area contributed by atoms with Crippen LogP contribution >= 0.6 is 0 Å².